The zero-order valence-corrected chi connectivity index (χ0v) is 20.7. The van der Waals surface area contributed by atoms with E-state index in [1.165, 1.54) is 82.4 Å². The third-order valence-electron chi connectivity index (χ3n) is 6.13. The van der Waals surface area contributed by atoms with Gasteiger partial charge in [0.05, 0.1) is 12.2 Å². The SMILES string of the molecule is CCCCCCCCCCCCCOC(=O)c1ccc(O)cc1C(F)CCCCCCC. The van der Waals surface area contributed by atoms with Crippen molar-refractivity contribution in [3.05, 3.63) is 29.3 Å². The van der Waals surface area contributed by atoms with Gasteiger partial charge in [-0.3, -0.25) is 0 Å². The molecule has 1 rings (SSSR count). The van der Waals surface area contributed by atoms with Gasteiger partial charge in [-0.1, -0.05) is 110 Å². The van der Waals surface area contributed by atoms with Gasteiger partial charge in [0, 0.05) is 5.56 Å². The van der Waals surface area contributed by atoms with E-state index in [2.05, 4.69) is 13.8 Å². The molecule has 0 fully saturated rings. The number of alkyl halides is 1. The van der Waals surface area contributed by atoms with Crippen LogP contribution < -0.4 is 0 Å². The molecule has 0 heterocycles. The molecule has 1 atom stereocenters. The summed E-state index contributed by atoms with van der Waals surface area (Å²) in [5, 5.41) is 9.78. The largest absolute Gasteiger partial charge is 0.508 e. The Morgan fingerprint density at radius 3 is 1.88 bits per heavy atom. The highest BCUT2D eigenvalue weighted by Crippen LogP contribution is 2.30. The molecule has 0 saturated heterocycles. The average molecular weight is 451 g/mol. The van der Waals surface area contributed by atoms with Crippen LogP contribution in [-0.2, 0) is 4.74 Å². The van der Waals surface area contributed by atoms with Crippen molar-refractivity contribution in [2.75, 3.05) is 6.61 Å². The summed E-state index contributed by atoms with van der Waals surface area (Å²) in [6.45, 7) is 4.76. The number of aromatic hydroxyl groups is 1. The smallest absolute Gasteiger partial charge is 0.338 e. The van der Waals surface area contributed by atoms with Crippen LogP contribution in [-0.4, -0.2) is 17.7 Å². The Kier molecular flexibility index (Phi) is 16.8. The number of halogens is 1. The summed E-state index contributed by atoms with van der Waals surface area (Å²) in [5.74, 6) is -0.503. The first kappa shape index (κ1) is 28.5. The summed E-state index contributed by atoms with van der Waals surface area (Å²) in [7, 11) is 0. The number of hydrogen-bond donors (Lipinski definition) is 1. The fourth-order valence-electron chi connectivity index (χ4n) is 4.09. The first-order valence-electron chi connectivity index (χ1n) is 13.2. The Hall–Kier alpha value is -1.58. The molecule has 0 aliphatic heterocycles. The van der Waals surface area contributed by atoms with E-state index in [1.54, 1.807) is 0 Å². The van der Waals surface area contributed by atoms with Gasteiger partial charge in [-0.15, -0.1) is 0 Å². The second-order valence-electron chi connectivity index (χ2n) is 9.11. The van der Waals surface area contributed by atoms with Gasteiger partial charge in [-0.25, -0.2) is 9.18 Å². The van der Waals surface area contributed by atoms with E-state index < -0.39 is 12.1 Å². The van der Waals surface area contributed by atoms with Gasteiger partial charge in [0.1, 0.15) is 11.9 Å². The second kappa shape index (κ2) is 18.9. The van der Waals surface area contributed by atoms with Crippen LogP contribution in [0, 0.1) is 0 Å². The van der Waals surface area contributed by atoms with Gasteiger partial charge < -0.3 is 9.84 Å². The topological polar surface area (TPSA) is 46.5 Å². The van der Waals surface area contributed by atoms with E-state index in [-0.39, 0.29) is 16.9 Å². The van der Waals surface area contributed by atoms with Crippen LogP contribution in [0.15, 0.2) is 18.2 Å². The molecule has 0 saturated carbocycles. The molecule has 0 radical (unpaired) electrons. The lowest BCUT2D eigenvalue weighted by atomic mass is 9.98. The number of benzene rings is 1. The Morgan fingerprint density at radius 1 is 0.812 bits per heavy atom. The number of ether oxygens (including phenoxy) is 1. The molecule has 0 aliphatic rings. The quantitative estimate of drug-likeness (QED) is 0.159. The van der Waals surface area contributed by atoms with E-state index in [0.29, 0.717) is 13.0 Å². The van der Waals surface area contributed by atoms with Gasteiger partial charge in [0.15, 0.2) is 0 Å². The normalized spacial score (nSPS) is 12.1. The van der Waals surface area contributed by atoms with Crippen LogP contribution in [0.3, 0.4) is 0 Å². The zero-order chi connectivity index (χ0) is 23.4. The maximum Gasteiger partial charge on any atom is 0.338 e. The summed E-state index contributed by atoms with van der Waals surface area (Å²) >= 11 is 0. The zero-order valence-electron chi connectivity index (χ0n) is 20.7. The molecule has 0 spiro atoms. The highest BCUT2D eigenvalue weighted by Gasteiger charge is 2.20. The van der Waals surface area contributed by atoms with Crippen molar-refractivity contribution >= 4 is 5.97 Å². The number of carbonyl (C=O) groups is 1. The van der Waals surface area contributed by atoms with Gasteiger partial charge in [0.25, 0.3) is 0 Å². The molecule has 1 N–H and O–H groups in total. The maximum absolute atomic E-state index is 14.8. The molecular weight excluding hydrogens is 403 g/mol. The minimum absolute atomic E-state index is 0.0180. The van der Waals surface area contributed by atoms with Crippen molar-refractivity contribution in [3.63, 3.8) is 0 Å². The number of unbranched alkanes of at least 4 members (excludes halogenated alkanes) is 14. The molecule has 0 bridgehead atoms. The number of rotatable bonds is 20. The molecule has 0 aliphatic carbocycles. The Morgan fingerprint density at radius 2 is 1.31 bits per heavy atom. The number of phenols is 1. The number of esters is 1. The van der Waals surface area contributed by atoms with Crippen molar-refractivity contribution in [1.29, 1.82) is 0 Å². The van der Waals surface area contributed by atoms with Gasteiger partial charge in [-0.2, -0.15) is 0 Å². The lowest BCUT2D eigenvalue weighted by Gasteiger charge is -2.14. The molecule has 184 valence electrons. The summed E-state index contributed by atoms with van der Waals surface area (Å²) in [4.78, 5) is 12.5. The standard InChI is InChI=1S/C28H47FO3/c1-3-5-7-9-10-11-12-13-14-16-18-22-32-28(31)25-21-20-24(30)23-26(25)27(29)19-17-15-8-6-4-2/h20-21,23,27,30H,3-19,22H2,1-2H3. The number of carbonyl (C=O) groups excluding carboxylic acids is 1. The fraction of sp³-hybridized carbons (Fsp3) is 0.750. The van der Waals surface area contributed by atoms with E-state index in [9.17, 15) is 14.3 Å². The summed E-state index contributed by atoms with van der Waals surface area (Å²) in [5.41, 5.74) is 0.497. The van der Waals surface area contributed by atoms with E-state index in [0.717, 1.165) is 38.5 Å². The first-order chi connectivity index (χ1) is 15.6. The van der Waals surface area contributed by atoms with Crippen molar-refractivity contribution in [1.82, 2.24) is 0 Å². The highest BCUT2D eigenvalue weighted by atomic mass is 19.1. The summed E-state index contributed by atoms with van der Waals surface area (Å²) in [6.07, 6.45) is 18.0. The molecule has 3 nitrogen and oxygen atoms in total. The minimum Gasteiger partial charge on any atom is -0.508 e. The van der Waals surface area contributed by atoms with E-state index in [4.69, 9.17) is 4.74 Å². The highest BCUT2D eigenvalue weighted by molar-refractivity contribution is 5.91. The fourth-order valence-corrected chi connectivity index (χ4v) is 4.09. The summed E-state index contributed by atoms with van der Waals surface area (Å²) in [6, 6.07) is 4.28. The molecule has 1 unspecified atom stereocenters. The maximum atomic E-state index is 14.8. The Balaban J connectivity index is 2.27. The van der Waals surface area contributed by atoms with Crippen molar-refractivity contribution in [3.8, 4) is 5.75 Å². The molecule has 1 aromatic rings. The Bertz CT molecular complexity index is 602. The van der Waals surface area contributed by atoms with Crippen LogP contribution in [0.4, 0.5) is 4.39 Å². The average Bonchev–Trinajstić information content (AvgIpc) is 2.79. The van der Waals surface area contributed by atoms with Crippen LogP contribution in [0.25, 0.3) is 0 Å². The van der Waals surface area contributed by atoms with Gasteiger partial charge in [0.2, 0.25) is 0 Å². The number of hydrogen-bond acceptors (Lipinski definition) is 3. The predicted molar refractivity (Wildman–Crippen MR) is 132 cm³/mol. The molecule has 32 heavy (non-hydrogen) atoms. The molecular formula is C28H47FO3. The van der Waals surface area contributed by atoms with E-state index in [1.807, 2.05) is 0 Å². The minimum atomic E-state index is -1.26. The van der Waals surface area contributed by atoms with E-state index >= 15 is 0 Å². The molecule has 1 aromatic carbocycles. The molecule has 0 aromatic heterocycles. The van der Waals surface area contributed by atoms with Crippen molar-refractivity contribution < 1.29 is 19.0 Å². The van der Waals surface area contributed by atoms with Crippen molar-refractivity contribution in [2.45, 2.75) is 129 Å². The molecule has 0 amide bonds. The second-order valence-corrected chi connectivity index (χ2v) is 9.11. The lowest BCUT2D eigenvalue weighted by Crippen LogP contribution is -2.10. The summed E-state index contributed by atoms with van der Waals surface area (Å²) < 4.78 is 20.2. The van der Waals surface area contributed by atoms with Crippen LogP contribution in [0.2, 0.25) is 0 Å². The van der Waals surface area contributed by atoms with Crippen molar-refractivity contribution in [2.24, 2.45) is 0 Å². The number of phenolic OH excluding ortho intramolecular Hbond substituents is 1. The third kappa shape index (κ3) is 13.1. The monoisotopic (exact) mass is 450 g/mol. The lowest BCUT2D eigenvalue weighted by molar-refractivity contribution is 0.0493. The van der Waals surface area contributed by atoms with Crippen LogP contribution >= 0.6 is 0 Å². The van der Waals surface area contributed by atoms with Crippen LogP contribution in [0.1, 0.15) is 145 Å². The Labute approximate surface area is 196 Å². The predicted octanol–water partition coefficient (Wildman–Crippen LogP) is 9.23. The van der Waals surface area contributed by atoms with Crippen LogP contribution in [0.5, 0.6) is 5.75 Å². The molecule has 4 heteroatoms. The first-order valence-corrected chi connectivity index (χ1v) is 13.2. The van der Waals surface area contributed by atoms with Gasteiger partial charge >= 0.3 is 5.97 Å². The van der Waals surface area contributed by atoms with Gasteiger partial charge in [-0.05, 0) is 31.0 Å². The third-order valence-corrected chi connectivity index (χ3v) is 6.13.